The van der Waals surface area contributed by atoms with Gasteiger partial charge in [-0.05, 0) is 45.8 Å². The minimum atomic E-state index is -0.326. The van der Waals surface area contributed by atoms with Gasteiger partial charge in [-0.25, -0.2) is 10.4 Å². The van der Waals surface area contributed by atoms with Crippen LogP contribution in [0, 0.1) is 0 Å². The number of carbonyl (C=O) groups is 1. The van der Waals surface area contributed by atoms with Crippen molar-refractivity contribution in [1.29, 1.82) is 0 Å². The standard InChI is InChI=1S/C30H21Br2N3O2/c31-23-15-22(29(26(32)16-23)37-19-20-9-3-1-4-10-20)18-33-35-30(36)25-17-28(21-11-5-2-6-12-21)34-27-14-8-7-13-24(25)27/h1-18H,19H2,(H,35,36)/b33-18-. The summed E-state index contributed by atoms with van der Waals surface area (Å²) in [5.41, 5.74) is 7.33. The molecule has 0 spiro atoms. The molecule has 7 heteroatoms. The van der Waals surface area contributed by atoms with Crippen LogP contribution in [0.25, 0.3) is 22.2 Å². The number of amides is 1. The highest BCUT2D eigenvalue weighted by Gasteiger charge is 2.14. The predicted octanol–water partition coefficient (Wildman–Crippen LogP) is 7.77. The van der Waals surface area contributed by atoms with E-state index in [1.807, 2.05) is 97.1 Å². The molecule has 0 unspecified atom stereocenters. The Morgan fingerprint density at radius 2 is 1.59 bits per heavy atom. The Morgan fingerprint density at radius 3 is 2.38 bits per heavy atom. The van der Waals surface area contributed by atoms with E-state index in [1.165, 1.54) is 0 Å². The van der Waals surface area contributed by atoms with Gasteiger partial charge in [0, 0.05) is 21.0 Å². The number of para-hydroxylation sites is 1. The van der Waals surface area contributed by atoms with Crippen LogP contribution in [-0.4, -0.2) is 17.1 Å². The van der Waals surface area contributed by atoms with Gasteiger partial charge in [0.15, 0.2) is 0 Å². The number of hydrogen-bond acceptors (Lipinski definition) is 4. The number of benzene rings is 4. The second kappa shape index (κ2) is 11.5. The number of carbonyl (C=O) groups excluding carboxylic acids is 1. The highest BCUT2D eigenvalue weighted by Crippen LogP contribution is 2.33. The number of nitrogens with zero attached hydrogens (tertiary/aromatic N) is 2. The van der Waals surface area contributed by atoms with Gasteiger partial charge in [0.2, 0.25) is 0 Å². The maximum absolute atomic E-state index is 13.3. The van der Waals surface area contributed by atoms with E-state index in [0.29, 0.717) is 23.5 Å². The molecule has 37 heavy (non-hydrogen) atoms. The SMILES string of the molecule is O=C(N/N=C\c1cc(Br)cc(Br)c1OCc1ccccc1)c1cc(-c2ccccc2)nc2ccccc12. The third-order valence-electron chi connectivity index (χ3n) is 5.66. The van der Waals surface area contributed by atoms with Gasteiger partial charge in [0.05, 0.1) is 27.5 Å². The molecule has 1 aromatic heterocycles. The normalized spacial score (nSPS) is 11.1. The quantitative estimate of drug-likeness (QED) is 0.150. The lowest BCUT2D eigenvalue weighted by Gasteiger charge is -2.12. The second-order valence-electron chi connectivity index (χ2n) is 8.22. The molecule has 0 radical (unpaired) electrons. The zero-order valence-corrected chi connectivity index (χ0v) is 22.7. The average Bonchev–Trinajstić information content (AvgIpc) is 2.93. The van der Waals surface area contributed by atoms with Gasteiger partial charge in [0.25, 0.3) is 5.91 Å². The van der Waals surface area contributed by atoms with Gasteiger partial charge in [-0.1, -0.05) is 94.8 Å². The lowest BCUT2D eigenvalue weighted by molar-refractivity contribution is 0.0956. The summed E-state index contributed by atoms with van der Waals surface area (Å²) in [6.07, 6.45) is 1.58. The Bertz CT molecular complexity index is 1590. The minimum Gasteiger partial charge on any atom is -0.487 e. The summed E-state index contributed by atoms with van der Waals surface area (Å²) in [4.78, 5) is 18.0. The first kappa shape index (κ1) is 24.9. The number of aromatic nitrogens is 1. The molecule has 0 aliphatic rings. The van der Waals surface area contributed by atoms with E-state index in [2.05, 4.69) is 42.4 Å². The molecule has 0 bridgehead atoms. The van der Waals surface area contributed by atoms with Gasteiger partial charge in [0.1, 0.15) is 12.4 Å². The Hall–Kier alpha value is -3.81. The van der Waals surface area contributed by atoms with Gasteiger partial charge in [-0.2, -0.15) is 5.10 Å². The number of pyridine rings is 1. The molecule has 1 N–H and O–H groups in total. The summed E-state index contributed by atoms with van der Waals surface area (Å²) in [6, 6.07) is 32.9. The third kappa shape index (κ3) is 5.96. The molecule has 0 saturated carbocycles. The predicted molar refractivity (Wildman–Crippen MR) is 155 cm³/mol. The van der Waals surface area contributed by atoms with Crippen LogP contribution in [0.5, 0.6) is 5.75 Å². The molecule has 5 aromatic rings. The summed E-state index contributed by atoms with van der Waals surface area (Å²) in [7, 11) is 0. The fraction of sp³-hybridized carbons (Fsp3) is 0.0333. The zero-order chi connectivity index (χ0) is 25.6. The Kier molecular flexibility index (Phi) is 7.73. The van der Waals surface area contributed by atoms with Crippen LogP contribution in [0.2, 0.25) is 0 Å². The van der Waals surface area contributed by atoms with Crippen molar-refractivity contribution in [3.8, 4) is 17.0 Å². The highest BCUT2D eigenvalue weighted by molar-refractivity contribution is 9.11. The summed E-state index contributed by atoms with van der Waals surface area (Å²) >= 11 is 7.09. The van der Waals surface area contributed by atoms with Crippen LogP contribution >= 0.6 is 31.9 Å². The van der Waals surface area contributed by atoms with Crippen molar-refractivity contribution in [1.82, 2.24) is 10.4 Å². The van der Waals surface area contributed by atoms with Crippen molar-refractivity contribution in [3.05, 3.63) is 129 Å². The molecule has 5 rings (SSSR count). The fourth-order valence-electron chi connectivity index (χ4n) is 3.90. The van der Waals surface area contributed by atoms with Crippen molar-refractivity contribution in [2.24, 2.45) is 5.10 Å². The van der Waals surface area contributed by atoms with Crippen molar-refractivity contribution < 1.29 is 9.53 Å². The summed E-state index contributed by atoms with van der Waals surface area (Å²) in [6.45, 7) is 0.402. The summed E-state index contributed by atoms with van der Waals surface area (Å²) in [5, 5.41) is 5.01. The van der Waals surface area contributed by atoms with E-state index in [0.717, 1.165) is 36.7 Å². The van der Waals surface area contributed by atoms with E-state index < -0.39 is 0 Å². The zero-order valence-electron chi connectivity index (χ0n) is 19.6. The number of halogens is 2. The number of nitrogens with one attached hydrogen (secondary N) is 1. The van der Waals surface area contributed by atoms with Crippen molar-refractivity contribution >= 4 is 54.9 Å². The van der Waals surface area contributed by atoms with Crippen LogP contribution in [-0.2, 0) is 6.61 Å². The Labute approximate surface area is 231 Å². The molecule has 0 atom stereocenters. The molecular formula is C30H21Br2N3O2. The summed E-state index contributed by atoms with van der Waals surface area (Å²) < 4.78 is 7.72. The van der Waals surface area contributed by atoms with Crippen molar-refractivity contribution in [3.63, 3.8) is 0 Å². The topological polar surface area (TPSA) is 63.6 Å². The van der Waals surface area contributed by atoms with E-state index >= 15 is 0 Å². The van der Waals surface area contributed by atoms with Crippen LogP contribution < -0.4 is 10.2 Å². The maximum atomic E-state index is 13.3. The molecule has 1 amide bonds. The van der Waals surface area contributed by atoms with Crippen LogP contribution in [0.4, 0.5) is 0 Å². The Balaban J connectivity index is 1.41. The first-order chi connectivity index (χ1) is 18.1. The second-order valence-corrected chi connectivity index (χ2v) is 9.99. The first-order valence-corrected chi connectivity index (χ1v) is 13.1. The molecule has 1 heterocycles. The number of ether oxygens (including phenoxy) is 1. The summed E-state index contributed by atoms with van der Waals surface area (Å²) in [5.74, 6) is 0.304. The molecular weight excluding hydrogens is 594 g/mol. The third-order valence-corrected chi connectivity index (χ3v) is 6.71. The van der Waals surface area contributed by atoms with Crippen molar-refractivity contribution in [2.45, 2.75) is 6.61 Å². The van der Waals surface area contributed by atoms with E-state index in [1.54, 1.807) is 12.3 Å². The van der Waals surface area contributed by atoms with E-state index in [4.69, 9.17) is 9.72 Å². The molecule has 0 saturated heterocycles. The molecule has 5 nitrogen and oxygen atoms in total. The van der Waals surface area contributed by atoms with Crippen LogP contribution in [0.1, 0.15) is 21.5 Å². The highest BCUT2D eigenvalue weighted by atomic mass is 79.9. The van der Waals surface area contributed by atoms with Crippen LogP contribution in [0.15, 0.2) is 117 Å². The van der Waals surface area contributed by atoms with Gasteiger partial charge >= 0.3 is 0 Å². The largest absolute Gasteiger partial charge is 0.487 e. The molecule has 0 fully saturated rings. The van der Waals surface area contributed by atoms with E-state index in [-0.39, 0.29) is 5.91 Å². The molecule has 4 aromatic carbocycles. The first-order valence-electron chi connectivity index (χ1n) is 11.5. The lowest BCUT2D eigenvalue weighted by atomic mass is 10.0. The van der Waals surface area contributed by atoms with Crippen LogP contribution in [0.3, 0.4) is 0 Å². The van der Waals surface area contributed by atoms with Gasteiger partial charge in [-0.3, -0.25) is 4.79 Å². The van der Waals surface area contributed by atoms with Gasteiger partial charge < -0.3 is 4.74 Å². The van der Waals surface area contributed by atoms with Crippen molar-refractivity contribution in [2.75, 3.05) is 0 Å². The number of rotatable bonds is 7. The Morgan fingerprint density at radius 1 is 0.892 bits per heavy atom. The van der Waals surface area contributed by atoms with Gasteiger partial charge in [-0.15, -0.1) is 0 Å². The molecule has 0 aliphatic carbocycles. The minimum absolute atomic E-state index is 0.326. The fourth-order valence-corrected chi connectivity index (χ4v) is 5.27. The maximum Gasteiger partial charge on any atom is 0.272 e. The molecule has 0 aliphatic heterocycles. The van der Waals surface area contributed by atoms with E-state index in [9.17, 15) is 4.79 Å². The lowest BCUT2D eigenvalue weighted by Crippen LogP contribution is -2.18. The average molecular weight is 615 g/mol. The number of hydrogen-bond donors (Lipinski definition) is 1. The number of fused-ring (bicyclic) bond motifs is 1. The monoisotopic (exact) mass is 613 g/mol. The molecule has 182 valence electrons. The smallest absolute Gasteiger partial charge is 0.272 e. The number of hydrazone groups is 1.